The Labute approximate surface area is 206 Å². The van der Waals surface area contributed by atoms with E-state index in [1.807, 2.05) is 31.2 Å². The minimum Gasteiger partial charge on any atom is -0.351 e. The van der Waals surface area contributed by atoms with Gasteiger partial charge >= 0.3 is 0 Å². The van der Waals surface area contributed by atoms with Crippen molar-refractivity contribution in [3.63, 3.8) is 0 Å². The molecule has 1 unspecified atom stereocenters. The van der Waals surface area contributed by atoms with Gasteiger partial charge in [-0.25, -0.2) is 0 Å². The largest absolute Gasteiger partial charge is 0.351 e. The Morgan fingerprint density at radius 3 is 2.38 bits per heavy atom. The number of amides is 3. The van der Waals surface area contributed by atoms with E-state index in [4.69, 9.17) is 11.6 Å². The van der Waals surface area contributed by atoms with Crippen LogP contribution in [0.25, 0.3) is 0 Å². The maximum absolute atomic E-state index is 13.2. The van der Waals surface area contributed by atoms with Crippen molar-refractivity contribution < 1.29 is 14.4 Å². The molecule has 1 saturated heterocycles. The molecule has 180 valence electrons. The minimum absolute atomic E-state index is 0.0364. The van der Waals surface area contributed by atoms with Gasteiger partial charge in [0.2, 0.25) is 5.91 Å². The molecule has 2 aromatic carbocycles. The minimum atomic E-state index is -0.258. The summed E-state index contributed by atoms with van der Waals surface area (Å²) in [6, 6.07) is 14.2. The molecule has 0 radical (unpaired) electrons. The molecular formula is C27H32ClN3O3. The molecule has 1 aliphatic carbocycles. The van der Waals surface area contributed by atoms with Crippen LogP contribution in [0.15, 0.2) is 48.5 Å². The Kier molecular flexibility index (Phi) is 7.88. The van der Waals surface area contributed by atoms with E-state index in [0.717, 1.165) is 44.1 Å². The number of hydrogen-bond acceptors (Lipinski definition) is 3. The molecule has 1 heterocycles. The van der Waals surface area contributed by atoms with Crippen molar-refractivity contribution >= 4 is 29.3 Å². The van der Waals surface area contributed by atoms with Gasteiger partial charge in [0, 0.05) is 41.3 Å². The van der Waals surface area contributed by atoms with E-state index in [1.54, 1.807) is 29.2 Å². The number of rotatable bonds is 5. The standard InChI is InChI=1S/C27H32ClN3O3/c1-18-8-2-3-12-22(18)26(33)30-24-14-5-4-13-23(24)29-25(32)20-10-7-15-31(17-20)27(34)19-9-6-11-21(28)16-19/h2-3,6,8-9,11-12,16,20,23-24H,4-5,7,10,13-15,17H2,1H3,(H,29,32)(H,30,33)/t20?,23-,24-/m1/s1. The first-order valence-electron chi connectivity index (χ1n) is 12.1. The summed E-state index contributed by atoms with van der Waals surface area (Å²) in [5, 5.41) is 6.88. The Morgan fingerprint density at radius 1 is 0.912 bits per heavy atom. The molecule has 2 N–H and O–H groups in total. The molecule has 3 amide bonds. The summed E-state index contributed by atoms with van der Waals surface area (Å²) < 4.78 is 0. The van der Waals surface area contributed by atoms with Crippen molar-refractivity contribution in [2.45, 2.75) is 57.5 Å². The van der Waals surface area contributed by atoms with Crippen molar-refractivity contribution in [1.82, 2.24) is 15.5 Å². The van der Waals surface area contributed by atoms with Gasteiger partial charge in [-0.1, -0.05) is 48.7 Å². The molecule has 0 bridgehead atoms. The fraction of sp³-hybridized carbons (Fsp3) is 0.444. The first-order chi connectivity index (χ1) is 16.4. The van der Waals surface area contributed by atoms with Crippen LogP contribution < -0.4 is 10.6 Å². The maximum atomic E-state index is 13.2. The normalized spacial score (nSPS) is 22.6. The number of aryl methyl sites for hydroxylation is 1. The summed E-state index contributed by atoms with van der Waals surface area (Å²) in [6.45, 7) is 2.95. The van der Waals surface area contributed by atoms with Gasteiger partial charge in [-0.05, 0) is 62.4 Å². The van der Waals surface area contributed by atoms with E-state index in [-0.39, 0.29) is 35.7 Å². The smallest absolute Gasteiger partial charge is 0.253 e. The molecule has 0 aromatic heterocycles. The van der Waals surface area contributed by atoms with Crippen LogP contribution in [0.5, 0.6) is 0 Å². The third-order valence-electron chi connectivity index (χ3n) is 6.95. The zero-order valence-corrected chi connectivity index (χ0v) is 20.3. The van der Waals surface area contributed by atoms with Crippen LogP contribution in [0, 0.1) is 12.8 Å². The van der Waals surface area contributed by atoms with Crippen molar-refractivity contribution in [3.05, 3.63) is 70.2 Å². The zero-order chi connectivity index (χ0) is 24.1. The SMILES string of the molecule is Cc1ccccc1C(=O)N[C@@H]1CCCC[C@H]1NC(=O)C1CCCN(C(=O)c2cccc(Cl)c2)C1. The van der Waals surface area contributed by atoms with Crippen LogP contribution >= 0.6 is 11.6 Å². The summed E-state index contributed by atoms with van der Waals surface area (Å²) in [7, 11) is 0. The lowest BCUT2D eigenvalue weighted by Gasteiger charge is -2.36. The first-order valence-corrected chi connectivity index (χ1v) is 12.5. The van der Waals surface area contributed by atoms with Crippen LogP contribution in [-0.4, -0.2) is 47.8 Å². The highest BCUT2D eigenvalue weighted by Gasteiger charge is 2.33. The number of benzene rings is 2. The number of carbonyl (C=O) groups excluding carboxylic acids is 3. The topological polar surface area (TPSA) is 78.5 Å². The fourth-order valence-corrected chi connectivity index (χ4v) is 5.22. The van der Waals surface area contributed by atoms with E-state index in [0.29, 0.717) is 29.2 Å². The molecule has 7 heteroatoms. The van der Waals surface area contributed by atoms with Crippen molar-refractivity contribution in [1.29, 1.82) is 0 Å². The van der Waals surface area contributed by atoms with Crippen molar-refractivity contribution in [3.8, 4) is 0 Å². The first kappa shape index (κ1) is 24.3. The third-order valence-corrected chi connectivity index (χ3v) is 7.19. The van der Waals surface area contributed by atoms with E-state index < -0.39 is 0 Å². The van der Waals surface area contributed by atoms with Gasteiger partial charge in [0.15, 0.2) is 0 Å². The van der Waals surface area contributed by atoms with Gasteiger partial charge in [-0.15, -0.1) is 0 Å². The number of nitrogens with one attached hydrogen (secondary N) is 2. The van der Waals surface area contributed by atoms with Gasteiger partial charge in [0.25, 0.3) is 11.8 Å². The summed E-state index contributed by atoms with van der Waals surface area (Å²) >= 11 is 6.05. The number of halogens is 1. The summed E-state index contributed by atoms with van der Waals surface area (Å²) in [6.07, 6.45) is 5.25. The molecule has 4 rings (SSSR count). The molecule has 2 aromatic rings. The molecule has 2 fully saturated rings. The third kappa shape index (κ3) is 5.79. The Bertz CT molecular complexity index is 1060. The second-order valence-electron chi connectivity index (χ2n) is 9.40. The van der Waals surface area contributed by atoms with Crippen LogP contribution in [0.1, 0.15) is 64.8 Å². The van der Waals surface area contributed by atoms with Crippen LogP contribution in [0.3, 0.4) is 0 Å². The molecule has 0 spiro atoms. The molecule has 34 heavy (non-hydrogen) atoms. The van der Waals surface area contributed by atoms with Gasteiger partial charge in [-0.3, -0.25) is 14.4 Å². The lowest BCUT2D eigenvalue weighted by Crippen LogP contribution is -2.55. The number of hydrogen-bond donors (Lipinski definition) is 2. The average molecular weight is 482 g/mol. The highest BCUT2D eigenvalue weighted by atomic mass is 35.5. The number of likely N-dealkylation sites (tertiary alicyclic amines) is 1. The highest BCUT2D eigenvalue weighted by molar-refractivity contribution is 6.30. The molecular weight excluding hydrogens is 450 g/mol. The number of carbonyl (C=O) groups is 3. The van der Waals surface area contributed by atoms with Gasteiger partial charge in [-0.2, -0.15) is 0 Å². The molecule has 1 saturated carbocycles. The van der Waals surface area contributed by atoms with Crippen molar-refractivity contribution in [2.24, 2.45) is 5.92 Å². The van der Waals surface area contributed by atoms with E-state index in [9.17, 15) is 14.4 Å². The monoisotopic (exact) mass is 481 g/mol. The van der Waals surface area contributed by atoms with E-state index in [1.165, 1.54) is 0 Å². The van der Waals surface area contributed by atoms with Gasteiger partial charge in [0.05, 0.1) is 5.92 Å². The van der Waals surface area contributed by atoms with Crippen LogP contribution in [0.4, 0.5) is 0 Å². The van der Waals surface area contributed by atoms with Crippen LogP contribution in [0.2, 0.25) is 5.02 Å². The Morgan fingerprint density at radius 2 is 1.65 bits per heavy atom. The Hall–Kier alpha value is -2.86. The quantitative estimate of drug-likeness (QED) is 0.666. The molecule has 6 nitrogen and oxygen atoms in total. The summed E-state index contributed by atoms with van der Waals surface area (Å²) in [5.41, 5.74) is 2.14. The average Bonchev–Trinajstić information content (AvgIpc) is 2.85. The second-order valence-corrected chi connectivity index (χ2v) is 9.83. The number of nitrogens with zero attached hydrogens (tertiary/aromatic N) is 1. The molecule has 2 aliphatic rings. The Balaban J connectivity index is 1.37. The predicted molar refractivity (Wildman–Crippen MR) is 133 cm³/mol. The lowest BCUT2D eigenvalue weighted by molar-refractivity contribution is -0.127. The number of piperidine rings is 1. The predicted octanol–water partition coefficient (Wildman–Crippen LogP) is 4.36. The zero-order valence-electron chi connectivity index (χ0n) is 19.6. The second kappa shape index (κ2) is 11.0. The lowest BCUT2D eigenvalue weighted by atomic mass is 9.88. The van der Waals surface area contributed by atoms with Gasteiger partial charge in [0.1, 0.15) is 0 Å². The highest BCUT2D eigenvalue weighted by Crippen LogP contribution is 2.23. The summed E-state index contributed by atoms with van der Waals surface area (Å²) in [4.78, 5) is 40.7. The van der Waals surface area contributed by atoms with E-state index in [2.05, 4.69) is 10.6 Å². The fourth-order valence-electron chi connectivity index (χ4n) is 5.03. The molecule has 3 atom stereocenters. The molecule has 1 aliphatic heterocycles. The maximum Gasteiger partial charge on any atom is 0.253 e. The van der Waals surface area contributed by atoms with Gasteiger partial charge < -0.3 is 15.5 Å². The summed E-state index contributed by atoms with van der Waals surface area (Å²) in [5.74, 6) is -0.488. The van der Waals surface area contributed by atoms with Crippen molar-refractivity contribution in [2.75, 3.05) is 13.1 Å². The van der Waals surface area contributed by atoms with E-state index >= 15 is 0 Å². The van der Waals surface area contributed by atoms with Crippen LogP contribution in [-0.2, 0) is 4.79 Å².